The van der Waals surface area contributed by atoms with Crippen molar-refractivity contribution in [2.75, 3.05) is 4.90 Å². The Hall–Kier alpha value is -7.34. The first-order valence-corrected chi connectivity index (χ1v) is 24.2. The predicted molar refractivity (Wildman–Crippen MR) is 282 cm³/mol. The van der Waals surface area contributed by atoms with Crippen LogP contribution in [0.4, 0.5) is 11.4 Å². The summed E-state index contributed by atoms with van der Waals surface area (Å²) in [5, 5.41) is 7.58. The van der Waals surface area contributed by atoms with Crippen molar-refractivity contribution in [2.45, 2.75) is 45.6 Å². The molecule has 14 rings (SSSR count). The number of furan rings is 1. The predicted octanol–water partition coefficient (Wildman–Crippen LogP) is 15.1. The monoisotopic (exact) mass is 864 g/mol. The third kappa shape index (κ3) is 5.50. The molecule has 2 aliphatic rings. The lowest BCUT2D eigenvalue weighted by Crippen LogP contribution is -2.57. The van der Waals surface area contributed by atoms with Crippen molar-refractivity contribution in [3.05, 3.63) is 204 Å². The zero-order valence-electron chi connectivity index (χ0n) is 37.2. The minimum Gasteiger partial charge on any atom is -0.456 e. The van der Waals surface area contributed by atoms with Gasteiger partial charge in [0.15, 0.2) is 0 Å². The third-order valence-corrected chi connectivity index (χ3v) is 15.9. The summed E-state index contributed by atoms with van der Waals surface area (Å²) in [6, 6.07) is 68.3. The summed E-state index contributed by atoms with van der Waals surface area (Å²) in [7, 11) is 0. The Morgan fingerprint density at radius 2 is 1.30 bits per heavy atom. The van der Waals surface area contributed by atoms with Gasteiger partial charge in [-0.1, -0.05) is 172 Å². The quantitative estimate of drug-likeness (QED) is 0.164. The number of anilines is 2. The van der Waals surface area contributed by atoms with Gasteiger partial charge >= 0.3 is 6.85 Å². The van der Waals surface area contributed by atoms with Crippen molar-refractivity contribution in [2.24, 2.45) is 0 Å². The van der Waals surface area contributed by atoms with Crippen LogP contribution in [0.3, 0.4) is 0 Å². The maximum Gasteiger partial charge on any atom is 0.333 e. The molecule has 2 aliphatic heterocycles. The standard InChI is InChI=1S/C61H45BN2OS/c1-61(2,3)44-29-27-42(49(35-44)38-17-8-5-9-18-38)36-63-50-31-32-52-54(46-20-10-12-23-51(46)65-52)56(50)62-55-41(34-43-33-40(28-30-45(43)58(55)63)37-15-6-4-7-16-37)26-25-39-19-14-22-48-57(39)64(62)59-47-21-11-13-24-53(47)66-60(48)59/h4-24,27-35H,25-26,36H2,1-3H3. The maximum absolute atomic E-state index is 6.85. The van der Waals surface area contributed by atoms with Crippen LogP contribution in [0, 0.1) is 0 Å². The summed E-state index contributed by atoms with van der Waals surface area (Å²) in [6.07, 6.45) is 1.89. The molecule has 314 valence electrons. The number of benzene rings is 9. The highest BCUT2D eigenvalue weighted by molar-refractivity contribution is 7.27. The lowest BCUT2D eigenvalue weighted by Gasteiger charge is -2.41. The molecule has 9 aromatic carbocycles. The molecule has 0 atom stereocenters. The summed E-state index contributed by atoms with van der Waals surface area (Å²) in [4.78, 5) is 2.70. The van der Waals surface area contributed by atoms with Crippen LogP contribution in [0.5, 0.6) is 0 Å². The molecule has 0 unspecified atom stereocenters. The second-order valence-corrected chi connectivity index (χ2v) is 20.6. The van der Waals surface area contributed by atoms with E-state index in [2.05, 4.69) is 212 Å². The van der Waals surface area contributed by atoms with Crippen LogP contribution in [0.15, 0.2) is 186 Å². The van der Waals surface area contributed by atoms with Gasteiger partial charge in [-0.2, -0.15) is 0 Å². The summed E-state index contributed by atoms with van der Waals surface area (Å²) in [6.45, 7) is 7.51. The molecule has 66 heavy (non-hydrogen) atoms. The van der Waals surface area contributed by atoms with Crippen LogP contribution in [0.25, 0.3) is 86.2 Å². The molecule has 0 aliphatic carbocycles. The van der Waals surface area contributed by atoms with Crippen LogP contribution in [-0.2, 0) is 24.8 Å². The largest absolute Gasteiger partial charge is 0.456 e. The second-order valence-electron chi connectivity index (χ2n) is 19.5. The molecular weight excluding hydrogens is 820 g/mol. The second kappa shape index (κ2) is 14.1. The number of fused-ring (bicyclic) bond motifs is 14. The number of aryl methyl sites for hydroxylation is 2. The molecule has 0 saturated heterocycles. The van der Waals surface area contributed by atoms with E-state index in [1.54, 1.807) is 0 Å². The van der Waals surface area contributed by atoms with Gasteiger partial charge in [0.1, 0.15) is 11.2 Å². The minimum absolute atomic E-state index is 0.00156. The zero-order chi connectivity index (χ0) is 43.8. The first-order valence-electron chi connectivity index (χ1n) is 23.4. The van der Waals surface area contributed by atoms with E-state index in [4.69, 9.17) is 4.42 Å². The van der Waals surface area contributed by atoms with Gasteiger partial charge < -0.3 is 13.8 Å². The number of hydrogen-bond acceptors (Lipinski definition) is 3. The molecule has 0 bridgehead atoms. The fourth-order valence-corrected chi connectivity index (χ4v) is 12.9. The van der Waals surface area contributed by atoms with Gasteiger partial charge in [0.25, 0.3) is 0 Å². The minimum atomic E-state index is -0.138. The van der Waals surface area contributed by atoms with E-state index in [0.29, 0.717) is 6.54 Å². The molecule has 0 N–H and O–H groups in total. The van der Waals surface area contributed by atoms with Crippen molar-refractivity contribution in [1.29, 1.82) is 0 Å². The summed E-state index contributed by atoms with van der Waals surface area (Å²) >= 11 is 1.94. The number of aromatic nitrogens is 1. The first-order chi connectivity index (χ1) is 32.4. The normalized spacial score (nSPS) is 13.6. The van der Waals surface area contributed by atoms with E-state index < -0.39 is 0 Å². The van der Waals surface area contributed by atoms with E-state index in [9.17, 15) is 0 Å². The van der Waals surface area contributed by atoms with Gasteiger partial charge in [0.2, 0.25) is 0 Å². The first kappa shape index (κ1) is 38.0. The summed E-state index contributed by atoms with van der Waals surface area (Å²) in [5.74, 6) is 0. The van der Waals surface area contributed by atoms with Crippen molar-refractivity contribution >= 4 is 104 Å². The van der Waals surface area contributed by atoms with Crippen molar-refractivity contribution < 1.29 is 4.42 Å². The number of para-hydroxylation sites is 2. The fraction of sp³-hybridized carbons (Fsp3) is 0.115. The Morgan fingerprint density at radius 1 is 0.561 bits per heavy atom. The molecule has 12 aromatic rings. The van der Waals surface area contributed by atoms with Gasteiger partial charge in [-0.3, -0.25) is 0 Å². The van der Waals surface area contributed by atoms with Crippen LogP contribution < -0.4 is 15.8 Å². The molecule has 3 nitrogen and oxygen atoms in total. The number of thiophene rings is 1. The van der Waals surface area contributed by atoms with Crippen molar-refractivity contribution in [3.63, 3.8) is 0 Å². The zero-order valence-corrected chi connectivity index (χ0v) is 38.0. The highest BCUT2D eigenvalue weighted by Gasteiger charge is 2.43. The summed E-state index contributed by atoms with van der Waals surface area (Å²) in [5.41, 5.74) is 20.2. The molecule has 5 heteroatoms. The Balaban J connectivity index is 1.15. The van der Waals surface area contributed by atoms with Crippen molar-refractivity contribution in [3.8, 4) is 22.3 Å². The lowest BCUT2D eigenvalue weighted by atomic mass is 9.45. The molecule has 0 fully saturated rings. The molecule has 0 radical (unpaired) electrons. The van der Waals surface area contributed by atoms with Gasteiger partial charge in [-0.25, -0.2) is 0 Å². The average molecular weight is 865 g/mol. The van der Waals surface area contributed by atoms with E-state index in [-0.39, 0.29) is 12.3 Å². The van der Waals surface area contributed by atoms with Crippen LogP contribution in [0.2, 0.25) is 0 Å². The fourth-order valence-electron chi connectivity index (χ4n) is 11.7. The summed E-state index contributed by atoms with van der Waals surface area (Å²) < 4.78 is 12.3. The SMILES string of the molecule is CC(C)(C)c1ccc(CN2c3ccc4oc5ccccc5c4c3B3c4c(cc5cc(-c6ccccc6)ccc5c42)CCc2cccc4c5sc6ccccc6c5n3c24)c(-c2ccccc2)c1. The topological polar surface area (TPSA) is 21.3 Å². The Labute approximate surface area is 388 Å². The molecule has 0 saturated carbocycles. The number of nitrogens with zero attached hydrogens (tertiary/aromatic N) is 2. The Bertz CT molecular complexity index is 3960. The van der Waals surface area contributed by atoms with Gasteiger partial charge in [-0.05, 0) is 109 Å². The molecule has 5 heterocycles. The molecule has 3 aromatic heterocycles. The van der Waals surface area contributed by atoms with Crippen LogP contribution in [0.1, 0.15) is 43.0 Å². The maximum atomic E-state index is 6.85. The van der Waals surface area contributed by atoms with E-state index >= 15 is 0 Å². The Morgan fingerprint density at radius 3 is 2.14 bits per heavy atom. The smallest absolute Gasteiger partial charge is 0.333 e. The van der Waals surface area contributed by atoms with E-state index in [0.717, 1.165) is 29.4 Å². The van der Waals surface area contributed by atoms with E-state index in [1.807, 2.05) is 11.3 Å². The molecule has 0 spiro atoms. The van der Waals surface area contributed by atoms with Crippen molar-refractivity contribution in [1.82, 2.24) is 4.48 Å². The Kier molecular flexibility index (Phi) is 8.10. The van der Waals surface area contributed by atoms with Gasteiger partial charge in [0.05, 0.1) is 10.2 Å². The molecule has 0 amide bonds. The highest BCUT2D eigenvalue weighted by atomic mass is 32.1. The molecular formula is C61H45BN2OS. The van der Waals surface area contributed by atoms with E-state index in [1.165, 1.54) is 114 Å². The van der Waals surface area contributed by atoms with Crippen LogP contribution in [-0.4, -0.2) is 11.3 Å². The number of hydrogen-bond donors (Lipinski definition) is 0. The third-order valence-electron chi connectivity index (χ3n) is 14.7. The van der Waals surface area contributed by atoms with Crippen LogP contribution >= 0.6 is 11.3 Å². The number of rotatable bonds is 4. The average Bonchev–Trinajstić information content (AvgIpc) is 4.02. The highest BCUT2D eigenvalue weighted by Crippen LogP contribution is 2.47. The van der Waals surface area contributed by atoms with Gasteiger partial charge in [-0.15, -0.1) is 11.3 Å². The lowest BCUT2D eigenvalue weighted by molar-refractivity contribution is 0.590. The van der Waals surface area contributed by atoms with Gasteiger partial charge in [0, 0.05) is 55.1 Å².